The number of hydrogen-bond donors (Lipinski definition) is 3. The van der Waals surface area contributed by atoms with Crippen LogP contribution in [0, 0.1) is 0 Å². The van der Waals surface area contributed by atoms with Crippen molar-refractivity contribution in [3.05, 3.63) is 36.0 Å². The van der Waals surface area contributed by atoms with E-state index in [1.54, 1.807) is 6.20 Å². The fraction of sp³-hybridized carbons (Fsp3) is 0.333. The number of carbonyl (C=O) groups is 2. The van der Waals surface area contributed by atoms with Crippen LogP contribution < -0.4 is 5.32 Å². The molecule has 0 aliphatic carbocycles. The van der Waals surface area contributed by atoms with Crippen LogP contribution in [0.4, 0.5) is 0 Å². The lowest BCUT2D eigenvalue weighted by molar-refractivity contribution is -0.137. The van der Waals surface area contributed by atoms with E-state index in [1.807, 2.05) is 38.1 Å². The van der Waals surface area contributed by atoms with Gasteiger partial charge in [0.1, 0.15) is 0 Å². The zero-order chi connectivity index (χ0) is 14.8. The first-order valence-electron chi connectivity index (χ1n) is 6.49. The molecule has 5 nitrogen and oxygen atoms in total. The average molecular weight is 274 g/mol. The van der Waals surface area contributed by atoms with E-state index in [0.717, 1.165) is 10.9 Å². The minimum atomic E-state index is -0.862. The van der Waals surface area contributed by atoms with Crippen LogP contribution in [0.3, 0.4) is 0 Å². The van der Waals surface area contributed by atoms with E-state index >= 15 is 0 Å². The standard InChI is InChI=1S/C15H18N2O3/c1-15(2,8-7-13(18)19)17-14(20)11-9-16-12-6-4-3-5-10(11)12/h3-6,9,16H,7-8H2,1-2H3,(H,17,20)(H,18,19). The number of carbonyl (C=O) groups excluding carboxylic acids is 1. The molecule has 3 N–H and O–H groups in total. The number of aliphatic carboxylic acids is 1. The van der Waals surface area contributed by atoms with Gasteiger partial charge in [-0.1, -0.05) is 18.2 Å². The molecule has 1 aromatic carbocycles. The van der Waals surface area contributed by atoms with Crippen molar-refractivity contribution in [3.8, 4) is 0 Å². The van der Waals surface area contributed by atoms with Crippen molar-refractivity contribution >= 4 is 22.8 Å². The Kier molecular flexibility index (Phi) is 3.79. The molecule has 0 saturated carbocycles. The monoisotopic (exact) mass is 274 g/mol. The summed E-state index contributed by atoms with van der Waals surface area (Å²) in [5, 5.41) is 12.5. The summed E-state index contributed by atoms with van der Waals surface area (Å²) in [5.74, 6) is -1.06. The number of hydrogen-bond acceptors (Lipinski definition) is 2. The molecule has 0 unspecified atom stereocenters. The van der Waals surface area contributed by atoms with Gasteiger partial charge >= 0.3 is 5.97 Å². The van der Waals surface area contributed by atoms with Gasteiger partial charge in [0.25, 0.3) is 5.91 Å². The summed E-state index contributed by atoms with van der Waals surface area (Å²) in [7, 11) is 0. The molecule has 2 rings (SSSR count). The van der Waals surface area contributed by atoms with Gasteiger partial charge in [-0.15, -0.1) is 0 Å². The SMILES string of the molecule is CC(C)(CCC(=O)O)NC(=O)c1c[nH]c2ccccc12. The third kappa shape index (κ3) is 3.17. The number of benzene rings is 1. The summed E-state index contributed by atoms with van der Waals surface area (Å²) in [5.41, 5.74) is 0.915. The van der Waals surface area contributed by atoms with Gasteiger partial charge in [-0.05, 0) is 26.3 Å². The van der Waals surface area contributed by atoms with Crippen molar-refractivity contribution in [1.29, 1.82) is 0 Å². The van der Waals surface area contributed by atoms with Gasteiger partial charge in [0, 0.05) is 29.1 Å². The molecule has 0 spiro atoms. The number of aromatic amines is 1. The van der Waals surface area contributed by atoms with Gasteiger partial charge in [0.05, 0.1) is 5.56 Å². The van der Waals surface area contributed by atoms with Crippen molar-refractivity contribution in [2.24, 2.45) is 0 Å². The number of para-hydroxylation sites is 1. The second kappa shape index (κ2) is 5.36. The van der Waals surface area contributed by atoms with E-state index in [-0.39, 0.29) is 12.3 Å². The molecule has 0 radical (unpaired) electrons. The second-order valence-corrected chi connectivity index (χ2v) is 5.48. The molecule has 0 aliphatic heterocycles. The van der Waals surface area contributed by atoms with Crippen LogP contribution in [0.2, 0.25) is 0 Å². The molecule has 0 atom stereocenters. The number of rotatable bonds is 5. The highest BCUT2D eigenvalue weighted by Gasteiger charge is 2.23. The number of amides is 1. The molecule has 0 aliphatic rings. The lowest BCUT2D eigenvalue weighted by Gasteiger charge is -2.25. The maximum absolute atomic E-state index is 12.3. The first-order valence-corrected chi connectivity index (χ1v) is 6.49. The quantitative estimate of drug-likeness (QED) is 0.783. The molecule has 1 heterocycles. The average Bonchev–Trinajstić information content (AvgIpc) is 2.80. The maximum atomic E-state index is 12.3. The van der Waals surface area contributed by atoms with E-state index in [9.17, 15) is 9.59 Å². The Labute approximate surface area is 117 Å². The third-order valence-electron chi connectivity index (χ3n) is 3.25. The van der Waals surface area contributed by atoms with E-state index in [1.165, 1.54) is 0 Å². The summed E-state index contributed by atoms with van der Waals surface area (Å²) in [6.07, 6.45) is 2.09. The smallest absolute Gasteiger partial charge is 0.303 e. The number of fused-ring (bicyclic) bond motifs is 1. The van der Waals surface area contributed by atoms with E-state index in [0.29, 0.717) is 12.0 Å². The first kappa shape index (κ1) is 14.1. The van der Waals surface area contributed by atoms with Crippen molar-refractivity contribution in [1.82, 2.24) is 10.3 Å². The van der Waals surface area contributed by atoms with E-state index < -0.39 is 11.5 Å². The predicted molar refractivity (Wildman–Crippen MR) is 76.7 cm³/mol. The topological polar surface area (TPSA) is 82.2 Å². The van der Waals surface area contributed by atoms with E-state index in [2.05, 4.69) is 10.3 Å². The van der Waals surface area contributed by atoms with Crippen LogP contribution in [-0.2, 0) is 4.79 Å². The molecule has 0 bridgehead atoms. The normalized spacial score (nSPS) is 11.5. The van der Waals surface area contributed by atoms with Gasteiger partial charge in [-0.3, -0.25) is 9.59 Å². The van der Waals surface area contributed by atoms with Crippen LogP contribution >= 0.6 is 0 Å². The minimum absolute atomic E-state index is 0.0289. The molecule has 20 heavy (non-hydrogen) atoms. The Morgan fingerprint density at radius 2 is 2.00 bits per heavy atom. The molecule has 2 aromatic rings. The minimum Gasteiger partial charge on any atom is -0.481 e. The number of H-pyrrole nitrogens is 1. The highest BCUT2D eigenvalue weighted by Crippen LogP contribution is 2.19. The van der Waals surface area contributed by atoms with Gasteiger partial charge in [-0.25, -0.2) is 0 Å². The fourth-order valence-electron chi connectivity index (χ4n) is 2.12. The van der Waals surface area contributed by atoms with E-state index in [4.69, 9.17) is 5.11 Å². The van der Waals surface area contributed by atoms with Gasteiger partial charge in [-0.2, -0.15) is 0 Å². The summed E-state index contributed by atoms with van der Waals surface area (Å²) in [6.45, 7) is 3.64. The molecule has 5 heteroatoms. The van der Waals surface area contributed by atoms with Gasteiger partial charge < -0.3 is 15.4 Å². The Bertz CT molecular complexity index is 643. The largest absolute Gasteiger partial charge is 0.481 e. The summed E-state index contributed by atoms with van der Waals surface area (Å²) in [6, 6.07) is 7.56. The second-order valence-electron chi connectivity index (χ2n) is 5.48. The van der Waals surface area contributed by atoms with Gasteiger partial charge in [0.2, 0.25) is 0 Å². The van der Waals surface area contributed by atoms with Crippen LogP contribution in [0.5, 0.6) is 0 Å². The number of nitrogens with one attached hydrogen (secondary N) is 2. The Morgan fingerprint density at radius 3 is 2.70 bits per heavy atom. The highest BCUT2D eigenvalue weighted by molar-refractivity contribution is 6.06. The Morgan fingerprint density at radius 1 is 1.30 bits per heavy atom. The third-order valence-corrected chi connectivity index (χ3v) is 3.25. The lowest BCUT2D eigenvalue weighted by Crippen LogP contribution is -2.43. The van der Waals surface area contributed by atoms with Crippen LogP contribution in [0.1, 0.15) is 37.0 Å². The molecule has 0 fully saturated rings. The number of carboxylic acids is 1. The Hall–Kier alpha value is -2.30. The fourth-order valence-corrected chi connectivity index (χ4v) is 2.12. The summed E-state index contributed by atoms with van der Waals surface area (Å²) < 4.78 is 0. The lowest BCUT2D eigenvalue weighted by atomic mass is 9.97. The number of carboxylic acid groups (broad SMARTS) is 1. The van der Waals surface area contributed by atoms with Crippen LogP contribution in [-0.4, -0.2) is 27.5 Å². The van der Waals surface area contributed by atoms with Gasteiger partial charge in [0.15, 0.2) is 0 Å². The highest BCUT2D eigenvalue weighted by atomic mass is 16.4. The first-order chi connectivity index (χ1) is 9.39. The molecular formula is C15H18N2O3. The zero-order valence-electron chi connectivity index (χ0n) is 11.6. The molecule has 0 saturated heterocycles. The molecule has 1 aromatic heterocycles. The van der Waals surface area contributed by atoms with Crippen molar-refractivity contribution < 1.29 is 14.7 Å². The maximum Gasteiger partial charge on any atom is 0.303 e. The Balaban J connectivity index is 2.13. The van der Waals surface area contributed by atoms with Crippen LogP contribution in [0.15, 0.2) is 30.5 Å². The van der Waals surface area contributed by atoms with Crippen molar-refractivity contribution in [2.45, 2.75) is 32.2 Å². The number of aromatic nitrogens is 1. The molecule has 106 valence electrons. The zero-order valence-corrected chi connectivity index (χ0v) is 11.6. The summed E-state index contributed by atoms with van der Waals surface area (Å²) >= 11 is 0. The molecular weight excluding hydrogens is 256 g/mol. The van der Waals surface area contributed by atoms with Crippen molar-refractivity contribution in [3.63, 3.8) is 0 Å². The van der Waals surface area contributed by atoms with Crippen LogP contribution in [0.25, 0.3) is 10.9 Å². The van der Waals surface area contributed by atoms with Crippen molar-refractivity contribution in [2.75, 3.05) is 0 Å². The summed E-state index contributed by atoms with van der Waals surface area (Å²) in [4.78, 5) is 26.0. The molecule has 1 amide bonds. The predicted octanol–water partition coefficient (Wildman–Crippen LogP) is 2.54.